The van der Waals surface area contributed by atoms with Gasteiger partial charge in [-0.25, -0.2) is 9.59 Å². The molecule has 0 heterocycles. The molecule has 0 saturated carbocycles. The Hall–Kier alpha value is -0.701. The summed E-state index contributed by atoms with van der Waals surface area (Å²) in [6, 6.07) is 11.1. The van der Waals surface area contributed by atoms with Gasteiger partial charge >= 0.3 is 125 Å². The Kier molecular flexibility index (Phi) is 31.4. The molecule has 0 bridgehead atoms. The fraction of sp³-hybridized carbons (Fsp3) is 0. The summed E-state index contributed by atoms with van der Waals surface area (Å²) in [7, 11) is 0. The van der Waals surface area contributed by atoms with E-state index >= 15 is 0 Å². The number of carbonyl (C=O) groups excluding carboxylic acids is 2. The van der Waals surface area contributed by atoms with Crippen LogP contribution in [0, 0.1) is 0 Å². The number of hydrogen-bond donors (Lipinski definition) is 2. The van der Waals surface area contributed by atoms with Crippen LogP contribution >= 0.6 is 0 Å². The number of aromatic carboxylic acids is 2. The molecule has 2 aromatic carbocycles. The van der Waals surface area contributed by atoms with E-state index in [0.29, 0.717) is 0 Å². The number of benzene rings is 2. The van der Waals surface area contributed by atoms with Gasteiger partial charge in [0.15, 0.2) is 0 Å². The normalized spacial score (nSPS) is 7.48. The molecule has 2 rings (SSSR count). The second-order valence-electron chi connectivity index (χ2n) is 4.10. The van der Waals surface area contributed by atoms with E-state index in [-0.39, 0.29) is 124 Å². The van der Waals surface area contributed by atoms with Gasteiger partial charge in [-0.05, 0) is 24.4 Å². The van der Waals surface area contributed by atoms with E-state index in [1.807, 2.05) is 0 Å². The first-order chi connectivity index (χ1) is 12.9. The molecule has 0 amide bonds. The van der Waals surface area contributed by atoms with E-state index in [4.69, 9.17) is 40.2 Å². The van der Waals surface area contributed by atoms with Crippen molar-refractivity contribution < 1.29 is 60.0 Å². The summed E-state index contributed by atoms with van der Waals surface area (Å²) in [5.41, 5.74) is -0.356. The van der Waals surface area contributed by atoms with Crippen LogP contribution in [0.1, 0.15) is 20.7 Å². The quantitative estimate of drug-likeness (QED) is 0.357. The molecule has 0 aliphatic heterocycles. The van der Waals surface area contributed by atoms with Crippen LogP contribution in [0.5, 0.6) is 11.5 Å². The van der Waals surface area contributed by atoms with Crippen LogP contribution < -0.4 is 30.6 Å². The Morgan fingerprint density at radius 3 is 0.871 bits per heavy atom. The van der Waals surface area contributed by atoms with Gasteiger partial charge in [-0.3, -0.25) is 0 Å². The van der Waals surface area contributed by atoms with E-state index in [0.717, 1.165) is 0 Å². The summed E-state index contributed by atoms with van der Waals surface area (Å²) >= 11 is 0. The Labute approximate surface area is 264 Å². The maximum absolute atomic E-state index is 10.7. The molecular weight excluding hydrogens is 504 g/mol. The van der Waals surface area contributed by atoms with Gasteiger partial charge in [0.2, 0.25) is 0 Å². The number of rotatable bonds is 2. The van der Waals surface area contributed by atoms with Crippen molar-refractivity contribution >= 4 is 137 Å². The summed E-state index contributed by atoms with van der Waals surface area (Å²) < 4.78 is 0. The number of para-hydroxylation sites is 2. The van der Waals surface area contributed by atoms with Crippen LogP contribution in [0.2, 0.25) is 0 Å². The van der Waals surface area contributed by atoms with E-state index in [1.54, 1.807) is 0 Å². The van der Waals surface area contributed by atoms with Crippen LogP contribution in [0.4, 0.5) is 9.59 Å². The van der Waals surface area contributed by atoms with Crippen LogP contribution in [-0.2, 0) is 0 Å². The predicted octanol–water partition coefficient (Wildman–Crippen LogP) is -5.12. The molecule has 0 aliphatic rings. The third-order valence-corrected chi connectivity index (χ3v) is 2.23. The van der Waals surface area contributed by atoms with E-state index in [9.17, 15) is 19.8 Å². The van der Waals surface area contributed by atoms with Gasteiger partial charge in [0.1, 0.15) is 0 Å². The summed E-state index contributed by atoms with van der Waals surface area (Å²) in [5, 5.41) is 71.4. The molecule has 12 nitrogen and oxygen atoms in total. The number of carboxylic acid groups (broad SMARTS) is 6. The average Bonchev–Trinajstić information content (AvgIpc) is 2.54. The number of carboxylic acids is 2. The molecular formula is C16H10Ca3O12. The van der Waals surface area contributed by atoms with Gasteiger partial charge in [-0.1, -0.05) is 47.9 Å². The number of hydrogen-bond acceptors (Lipinski definition) is 10. The van der Waals surface area contributed by atoms with Gasteiger partial charge < -0.3 is 50.4 Å². The van der Waals surface area contributed by atoms with Gasteiger partial charge in [-0.15, -0.1) is 0 Å². The van der Waals surface area contributed by atoms with E-state index in [2.05, 4.69) is 0 Å². The van der Waals surface area contributed by atoms with Gasteiger partial charge in [0.25, 0.3) is 0 Å². The Bertz CT molecular complexity index is 738. The Morgan fingerprint density at radius 1 is 0.548 bits per heavy atom. The summed E-state index contributed by atoms with van der Waals surface area (Å²) in [6.07, 6.45) is -4.67. The molecule has 2 aromatic rings. The molecule has 0 spiro atoms. The maximum Gasteiger partial charge on any atom is 2.00 e. The summed E-state index contributed by atoms with van der Waals surface area (Å²) in [4.78, 5) is 37.1. The monoisotopic (exact) mass is 514 g/mol. The largest absolute Gasteiger partial charge is 2.00 e. The first kappa shape index (κ1) is 40.6. The molecule has 15 heteroatoms. The molecule has 0 aromatic heterocycles. The zero-order valence-electron chi connectivity index (χ0n) is 15.7. The van der Waals surface area contributed by atoms with Crippen LogP contribution in [0.3, 0.4) is 0 Å². The topological polar surface area (TPSA) is 247 Å². The van der Waals surface area contributed by atoms with Crippen LogP contribution in [0.25, 0.3) is 0 Å². The second kappa shape index (κ2) is 24.0. The van der Waals surface area contributed by atoms with E-state index in [1.165, 1.54) is 48.5 Å². The molecule has 0 saturated heterocycles. The van der Waals surface area contributed by atoms with Crippen LogP contribution in [-0.4, -0.2) is 148 Å². The minimum Gasteiger partial charge on any atom is -0.872 e. The molecule has 0 fully saturated rings. The molecule has 0 atom stereocenters. The van der Waals surface area contributed by atoms with Crippen molar-refractivity contribution in [1.82, 2.24) is 0 Å². The molecule has 31 heavy (non-hydrogen) atoms. The third-order valence-electron chi connectivity index (χ3n) is 2.23. The van der Waals surface area contributed by atoms with Crippen molar-refractivity contribution in [2.45, 2.75) is 0 Å². The fourth-order valence-electron chi connectivity index (χ4n) is 1.29. The van der Waals surface area contributed by atoms with Crippen molar-refractivity contribution in [3.8, 4) is 11.5 Å². The minimum absolute atomic E-state index is 0. The minimum atomic E-state index is -2.33. The predicted molar refractivity (Wildman–Crippen MR) is 93.7 cm³/mol. The first-order valence-corrected chi connectivity index (χ1v) is 6.64. The Balaban J connectivity index is -0.000000102. The Morgan fingerprint density at radius 2 is 0.742 bits per heavy atom. The van der Waals surface area contributed by atoms with Crippen LogP contribution in [0.15, 0.2) is 48.5 Å². The maximum atomic E-state index is 10.7. The van der Waals surface area contributed by atoms with Crippen molar-refractivity contribution in [3.05, 3.63) is 59.7 Å². The molecule has 0 unspecified atom stereocenters. The van der Waals surface area contributed by atoms with Crippen molar-refractivity contribution in [3.63, 3.8) is 0 Å². The van der Waals surface area contributed by atoms with Gasteiger partial charge in [0.05, 0.1) is 11.1 Å². The van der Waals surface area contributed by atoms with Gasteiger partial charge in [0, 0.05) is 0 Å². The first-order valence-electron chi connectivity index (χ1n) is 6.64. The van der Waals surface area contributed by atoms with Crippen molar-refractivity contribution in [1.29, 1.82) is 0 Å². The average molecular weight is 514 g/mol. The molecule has 152 valence electrons. The van der Waals surface area contributed by atoms with Crippen molar-refractivity contribution in [2.24, 2.45) is 0 Å². The van der Waals surface area contributed by atoms with E-state index < -0.39 is 35.7 Å². The molecule has 2 N–H and O–H groups in total. The van der Waals surface area contributed by atoms with Crippen molar-refractivity contribution in [2.75, 3.05) is 0 Å². The summed E-state index contributed by atoms with van der Waals surface area (Å²) in [5.74, 6) is -3.25. The zero-order valence-corrected chi connectivity index (χ0v) is 22.3. The fourth-order valence-corrected chi connectivity index (χ4v) is 1.29. The summed E-state index contributed by atoms with van der Waals surface area (Å²) in [6.45, 7) is 0. The SMILES string of the molecule is O=C(O)c1ccccc1[O-].O=C(O)c1ccccc1[O-].O=C([O-])[O-].O=C([O-])[O-].[Ca+2].[Ca+2].[Ca+2]. The zero-order chi connectivity index (χ0) is 22.3. The molecule has 0 radical (unpaired) electrons. The standard InChI is InChI=1S/2C7H6O3.2CH2O3.3Ca/c2*8-6-4-2-1-3-5(6)7(9)10;2*2-1(3)4;;;/h2*1-4,8H,(H,9,10);2*(H2,2,3,4);;;/q;;;;3*+2/p-6. The number of carbonyl (C=O) groups is 4. The van der Waals surface area contributed by atoms with Gasteiger partial charge in [-0.2, -0.15) is 0 Å². The third kappa shape index (κ3) is 25.4. The smallest absolute Gasteiger partial charge is 0.872 e. The molecule has 0 aliphatic carbocycles. The second-order valence-corrected chi connectivity index (χ2v) is 4.10.